The molecule has 0 heterocycles. The van der Waals surface area contributed by atoms with Crippen LogP contribution in [0, 0.1) is 5.82 Å². The molecular formula is C9H9BrFNaO2. The second-order valence-electron chi connectivity index (χ2n) is 2.55. The molecule has 0 aliphatic heterocycles. The number of hydrogen-bond acceptors (Lipinski definition) is 1. The van der Waals surface area contributed by atoms with Gasteiger partial charge in [0.05, 0.1) is 10.0 Å². The molecule has 1 aromatic carbocycles. The summed E-state index contributed by atoms with van der Waals surface area (Å²) < 4.78 is 13.5. The molecule has 0 aliphatic rings. The Morgan fingerprint density at radius 1 is 1.57 bits per heavy atom. The molecule has 0 saturated heterocycles. The first kappa shape index (κ1) is 14.1. The summed E-state index contributed by atoms with van der Waals surface area (Å²) >= 11 is 2.94. The molecule has 0 aromatic heterocycles. The zero-order valence-corrected chi connectivity index (χ0v) is 8.56. The van der Waals surface area contributed by atoms with Crippen molar-refractivity contribution in [3.05, 3.63) is 33.5 Å². The summed E-state index contributed by atoms with van der Waals surface area (Å²) in [4.78, 5) is 10.7. The summed E-state index contributed by atoms with van der Waals surface area (Å²) in [5.41, 5.74) is 0.269. The Morgan fingerprint density at radius 3 is 2.57 bits per heavy atom. The van der Waals surface area contributed by atoms with Crippen LogP contribution in [0.1, 0.15) is 22.8 Å². The molecule has 0 bridgehead atoms. The van der Waals surface area contributed by atoms with Crippen LogP contribution in [-0.2, 0) is 6.42 Å². The van der Waals surface area contributed by atoms with E-state index in [4.69, 9.17) is 5.11 Å². The fourth-order valence-corrected chi connectivity index (χ4v) is 1.45. The van der Waals surface area contributed by atoms with Crippen LogP contribution >= 0.6 is 15.9 Å². The van der Waals surface area contributed by atoms with Crippen molar-refractivity contribution in [2.75, 3.05) is 0 Å². The number of carboxylic acids is 1. The van der Waals surface area contributed by atoms with Crippen molar-refractivity contribution in [2.45, 2.75) is 13.3 Å². The molecule has 5 heteroatoms. The molecule has 0 fully saturated rings. The van der Waals surface area contributed by atoms with Gasteiger partial charge in [-0.05, 0) is 34.0 Å². The third-order valence-electron chi connectivity index (χ3n) is 1.78. The van der Waals surface area contributed by atoms with Crippen LogP contribution in [0.2, 0.25) is 0 Å². The predicted octanol–water partition coefficient (Wildman–Crippen LogP) is 2.20. The number of benzene rings is 1. The van der Waals surface area contributed by atoms with Crippen LogP contribution in [0.25, 0.3) is 0 Å². The first-order valence-electron chi connectivity index (χ1n) is 3.78. The van der Waals surface area contributed by atoms with E-state index in [2.05, 4.69) is 15.9 Å². The van der Waals surface area contributed by atoms with Gasteiger partial charge in [0.15, 0.2) is 5.82 Å². The van der Waals surface area contributed by atoms with Crippen molar-refractivity contribution in [3.63, 3.8) is 0 Å². The minimum absolute atomic E-state index is 0. The molecule has 0 unspecified atom stereocenters. The van der Waals surface area contributed by atoms with Gasteiger partial charge >= 0.3 is 35.5 Å². The third kappa shape index (κ3) is 2.79. The van der Waals surface area contributed by atoms with Crippen LogP contribution in [-0.4, -0.2) is 40.6 Å². The molecule has 0 amide bonds. The number of hydrogen-bond donors (Lipinski definition) is 1. The second kappa shape index (κ2) is 5.85. The molecule has 1 N–H and O–H groups in total. The Bertz CT molecular complexity index is 355. The molecule has 0 aliphatic carbocycles. The first-order chi connectivity index (χ1) is 6.07. The number of halogens is 2. The Morgan fingerprint density at radius 2 is 2.14 bits per heavy atom. The molecule has 0 spiro atoms. The van der Waals surface area contributed by atoms with E-state index in [1.807, 2.05) is 0 Å². The van der Waals surface area contributed by atoms with E-state index in [0.717, 1.165) is 0 Å². The predicted molar refractivity (Wildman–Crippen MR) is 57.6 cm³/mol. The number of rotatable bonds is 2. The number of aromatic carboxylic acids is 1. The van der Waals surface area contributed by atoms with Gasteiger partial charge < -0.3 is 5.11 Å². The molecule has 72 valence electrons. The molecule has 1 aromatic rings. The molecule has 1 rings (SSSR count). The summed E-state index contributed by atoms with van der Waals surface area (Å²) in [6.07, 6.45) is 0.506. The van der Waals surface area contributed by atoms with Crippen molar-refractivity contribution < 1.29 is 14.3 Å². The quantitative estimate of drug-likeness (QED) is 0.837. The van der Waals surface area contributed by atoms with Crippen molar-refractivity contribution in [3.8, 4) is 0 Å². The van der Waals surface area contributed by atoms with Gasteiger partial charge in [-0.3, -0.25) is 0 Å². The average molecular weight is 271 g/mol. The maximum atomic E-state index is 13.3. The molecular weight excluding hydrogens is 262 g/mol. The summed E-state index contributed by atoms with van der Waals surface area (Å²) in [6.45, 7) is 1.79. The molecule has 0 saturated carbocycles. The zero-order valence-electron chi connectivity index (χ0n) is 6.97. The van der Waals surface area contributed by atoms with E-state index < -0.39 is 11.8 Å². The van der Waals surface area contributed by atoms with Gasteiger partial charge in [0, 0.05) is 0 Å². The van der Waals surface area contributed by atoms with Crippen molar-refractivity contribution >= 4 is 51.5 Å². The fourth-order valence-electron chi connectivity index (χ4n) is 1.12. The zero-order chi connectivity index (χ0) is 10.0. The van der Waals surface area contributed by atoms with E-state index in [1.165, 1.54) is 6.07 Å². The summed E-state index contributed by atoms with van der Waals surface area (Å²) in [6, 6.07) is 3.12. The van der Waals surface area contributed by atoms with E-state index in [-0.39, 0.29) is 39.6 Å². The van der Waals surface area contributed by atoms with Crippen molar-refractivity contribution in [1.29, 1.82) is 0 Å². The Kier molecular flexibility index (Phi) is 5.90. The van der Waals surface area contributed by atoms with Gasteiger partial charge in [-0.1, -0.05) is 13.0 Å². The normalized spacial score (nSPS) is 9.36. The molecule has 0 atom stereocenters. The van der Waals surface area contributed by atoms with Gasteiger partial charge in [0.25, 0.3) is 0 Å². The fraction of sp³-hybridized carbons (Fsp3) is 0.222. The average Bonchev–Trinajstić information content (AvgIpc) is 2.08. The van der Waals surface area contributed by atoms with Gasteiger partial charge in [0.2, 0.25) is 0 Å². The molecule has 0 radical (unpaired) electrons. The first-order valence-corrected chi connectivity index (χ1v) is 4.57. The monoisotopic (exact) mass is 270 g/mol. The van der Waals surface area contributed by atoms with E-state index in [1.54, 1.807) is 13.0 Å². The van der Waals surface area contributed by atoms with Gasteiger partial charge in [-0.2, -0.15) is 0 Å². The Balaban J connectivity index is 0.00000169. The second-order valence-corrected chi connectivity index (χ2v) is 3.41. The van der Waals surface area contributed by atoms with Gasteiger partial charge in [0.1, 0.15) is 0 Å². The Hall–Kier alpha value is 0.100. The van der Waals surface area contributed by atoms with E-state index >= 15 is 0 Å². The standard InChI is InChI=1S/C9H8BrFO2.Na.H/c1-2-5-3-4-6(10)8(11)7(5)9(12)13;;/h3-4H,2H2,1H3,(H,12,13);;. The minimum atomic E-state index is -1.23. The molecule has 2 nitrogen and oxygen atoms in total. The summed E-state index contributed by atoms with van der Waals surface area (Å²) in [7, 11) is 0. The SMILES string of the molecule is CCc1ccc(Br)c(F)c1C(=O)O.[NaH]. The summed E-state index contributed by atoms with van der Waals surface area (Å²) in [5.74, 6) is -1.93. The maximum absolute atomic E-state index is 13.3. The van der Waals surface area contributed by atoms with Gasteiger partial charge in [-0.25, -0.2) is 9.18 Å². The third-order valence-corrected chi connectivity index (χ3v) is 2.39. The van der Waals surface area contributed by atoms with E-state index in [9.17, 15) is 9.18 Å². The number of carboxylic acid groups (broad SMARTS) is 1. The van der Waals surface area contributed by atoms with Crippen LogP contribution in [0.4, 0.5) is 4.39 Å². The number of carbonyl (C=O) groups is 1. The van der Waals surface area contributed by atoms with Crippen LogP contribution in [0.15, 0.2) is 16.6 Å². The van der Waals surface area contributed by atoms with Gasteiger partial charge in [-0.15, -0.1) is 0 Å². The van der Waals surface area contributed by atoms with Crippen LogP contribution in [0.3, 0.4) is 0 Å². The topological polar surface area (TPSA) is 37.3 Å². The number of aryl methyl sites for hydroxylation is 1. The van der Waals surface area contributed by atoms with E-state index in [0.29, 0.717) is 12.0 Å². The van der Waals surface area contributed by atoms with Crippen molar-refractivity contribution in [1.82, 2.24) is 0 Å². The Labute approximate surface area is 112 Å². The summed E-state index contributed by atoms with van der Waals surface area (Å²) in [5, 5.41) is 8.74. The van der Waals surface area contributed by atoms with Crippen molar-refractivity contribution in [2.24, 2.45) is 0 Å². The molecule has 14 heavy (non-hydrogen) atoms. The van der Waals surface area contributed by atoms with Crippen LogP contribution < -0.4 is 0 Å². The van der Waals surface area contributed by atoms with Crippen LogP contribution in [0.5, 0.6) is 0 Å².